The molecule has 0 unspecified atom stereocenters. The Kier molecular flexibility index (Phi) is 5.44. The molecule has 0 amide bonds. The number of rotatable bonds is 4. The van der Waals surface area contributed by atoms with Crippen LogP contribution >= 0.6 is 0 Å². The molecule has 0 saturated heterocycles. The first-order valence-corrected chi connectivity index (χ1v) is 10.5. The minimum Gasteiger partial charge on any atom is -0.464 e. The maximum absolute atomic E-state index is 11.8. The smallest absolute Gasteiger partial charge is 0.338 e. The minimum absolute atomic E-state index is 0.158. The molecule has 0 aromatic rings. The van der Waals surface area contributed by atoms with Gasteiger partial charge in [-0.1, -0.05) is 20.8 Å². The maximum atomic E-state index is 11.8. The minimum atomic E-state index is -1.78. The van der Waals surface area contributed by atoms with Gasteiger partial charge in [0.1, 0.15) is 0 Å². The molecule has 1 fully saturated rings. The van der Waals surface area contributed by atoms with E-state index in [2.05, 4.69) is 33.9 Å². The highest BCUT2D eigenvalue weighted by molar-refractivity contribution is 6.74. The van der Waals surface area contributed by atoms with Crippen LogP contribution in [0.5, 0.6) is 0 Å². The van der Waals surface area contributed by atoms with Gasteiger partial charge in [-0.05, 0) is 50.7 Å². The number of carbonyl (C=O) groups is 1. The molecule has 1 rings (SSSR count). The molecule has 0 bridgehead atoms. The van der Waals surface area contributed by atoms with Crippen molar-refractivity contribution in [3.05, 3.63) is 0 Å². The van der Waals surface area contributed by atoms with Crippen LogP contribution in [-0.4, -0.2) is 37.7 Å². The summed E-state index contributed by atoms with van der Waals surface area (Å²) in [5.74, 6) is -0.481. The normalized spacial score (nSPS) is 28.2. The van der Waals surface area contributed by atoms with Gasteiger partial charge in [0, 0.05) is 6.10 Å². The number of carbonyl (C=O) groups excluding carboxylic acids is 1. The predicted octanol–water partition coefficient (Wildman–Crippen LogP) is 3.25. The lowest BCUT2D eigenvalue weighted by Crippen LogP contribution is -2.49. The lowest BCUT2D eigenvalue weighted by atomic mass is 9.83. The second kappa shape index (κ2) is 6.16. The zero-order valence-corrected chi connectivity index (χ0v) is 14.8. The second-order valence-electron chi connectivity index (χ2n) is 7.33. The summed E-state index contributed by atoms with van der Waals surface area (Å²) in [7, 11) is -1.78. The summed E-state index contributed by atoms with van der Waals surface area (Å²) < 4.78 is 11.3. The molecule has 0 spiro atoms. The van der Waals surface area contributed by atoms with Gasteiger partial charge in [-0.2, -0.15) is 0 Å². The quantitative estimate of drug-likeness (QED) is 0.640. The molecule has 118 valence electrons. The van der Waals surface area contributed by atoms with Gasteiger partial charge in [-0.15, -0.1) is 0 Å². The van der Waals surface area contributed by atoms with Crippen molar-refractivity contribution in [2.75, 3.05) is 6.61 Å². The maximum Gasteiger partial charge on any atom is 0.338 e. The Morgan fingerprint density at radius 1 is 1.30 bits per heavy atom. The standard InChI is InChI=1S/C15H30O4Si/c1-7-18-13(16)15(17)10-8-12(9-11-15)19-20(5,6)14(2,3)4/h12,17H,7-11H2,1-6H3/t12-,15-. The fraction of sp³-hybridized carbons (Fsp3) is 0.933. The van der Waals surface area contributed by atoms with Crippen LogP contribution < -0.4 is 0 Å². The topological polar surface area (TPSA) is 55.8 Å². The Labute approximate surface area is 124 Å². The van der Waals surface area contributed by atoms with Crippen LogP contribution in [0.3, 0.4) is 0 Å². The van der Waals surface area contributed by atoms with E-state index >= 15 is 0 Å². The van der Waals surface area contributed by atoms with E-state index in [0.717, 1.165) is 12.8 Å². The predicted molar refractivity (Wildman–Crippen MR) is 82.1 cm³/mol. The third kappa shape index (κ3) is 4.05. The summed E-state index contributed by atoms with van der Waals surface area (Å²) in [6, 6.07) is 0. The Morgan fingerprint density at radius 3 is 2.20 bits per heavy atom. The van der Waals surface area contributed by atoms with Crippen molar-refractivity contribution in [2.24, 2.45) is 0 Å². The SMILES string of the molecule is CCOC(=O)[C@]1(O)CC[C@H](O[Si](C)(C)C(C)(C)C)CC1. The molecule has 0 aromatic carbocycles. The van der Waals surface area contributed by atoms with Crippen LogP contribution in [0.1, 0.15) is 53.4 Å². The van der Waals surface area contributed by atoms with Crippen molar-refractivity contribution in [1.82, 2.24) is 0 Å². The molecule has 0 atom stereocenters. The average molecular weight is 302 g/mol. The van der Waals surface area contributed by atoms with E-state index in [1.807, 2.05) is 0 Å². The van der Waals surface area contributed by atoms with Crippen molar-refractivity contribution < 1.29 is 19.1 Å². The molecular formula is C15H30O4Si. The van der Waals surface area contributed by atoms with E-state index in [4.69, 9.17) is 9.16 Å². The average Bonchev–Trinajstić information content (AvgIpc) is 2.31. The summed E-state index contributed by atoms with van der Waals surface area (Å²) in [5.41, 5.74) is -1.30. The summed E-state index contributed by atoms with van der Waals surface area (Å²) in [6.45, 7) is 13.2. The Balaban J connectivity index is 2.57. The van der Waals surface area contributed by atoms with Gasteiger partial charge < -0.3 is 14.3 Å². The van der Waals surface area contributed by atoms with E-state index in [1.165, 1.54) is 0 Å². The Hall–Kier alpha value is -0.393. The number of hydrogen-bond acceptors (Lipinski definition) is 4. The van der Waals surface area contributed by atoms with Crippen LogP contribution in [0.25, 0.3) is 0 Å². The van der Waals surface area contributed by atoms with Gasteiger partial charge >= 0.3 is 5.97 Å². The van der Waals surface area contributed by atoms with Crippen LogP contribution in [0.4, 0.5) is 0 Å². The monoisotopic (exact) mass is 302 g/mol. The highest BCUT2D eigenvalue weighted by Gasteiger charge is 2.44. The number of hydrogen-bond donors (Lipinski definition) is 1. The van der Waals surface area contributed by atoms with E-state index in [-0.39, 0.29) is 11.1 Å². The summed E-state index contributed by atoms with van der Waals surface area (Å²) in [4.78, 5) is 11.8. The van der Waals surface area contributed by atoms with Crippen molar-refractivity contribution >= 4 is 14.3 Å². The van der Waals surface area contributed by atoms with Gasteiger partial charge in [0.2, 0.25) is 0 Å². The van der Waals surface area contributed by atoms with Gasteiger partial charge in [-0.25, -0.2) is 4.79 Å². The van der Waals surface area contributed by atoms with Gasteiger partial charge in [0.25, 0.3) is 0 Å². The van der Waals surface area contributed by atoms with Crippen LogP contribution in [-0.2, 0) is 14.0 Å². The third-order valence-electron chi connectivity index (χ3n) is 4.68. The molecule has 0 aliphatic heterocycles. The summed E-state index contributed by atoms with van der Waals surface area (Å²) in [6.07, 6.45) is 2.48. The van der Waals surface area contributed by atoms with Gasteiger partial charge in [-0.3, -0.25) is 0 Å². The zero-order valence-electron chi connectivity index (χ0n) is 13.8. The first-order valence-electron chi connectivity index (χ1n) is 7.59. The molecule has 4 nitrogen and oxygen atoms in total. The molecular weight excluding hydrogens is 272 g/mol. The van der Waals surface area contributed by atoms with Crippen molar-refractivity contribution in [3.8, 4) is 0 Å². The fourth-order valence-corrected chi connectivity index (χ4v) is 3.67. The first-order chi connectivity index (χ1) is 9.02. The van der Waals surface area contributed by atoms with Gasteiger partial charge in [0.05, 0.1) is 6.61 Å². The molecule has 0 heterocycles. The molecule has 1 saturated carbocycles. The highest BCUT2D eigenvalue weighted by Crippen LogP contribution is 2.40. The van der Waals surface area contributed by atoms with Crippen molar-refractivity contribution in [3.63, 3.8) is 0 Å². The molecule has 1 N–H and O–H groups in total. The summed E-state index contributed by atoms with van der Waals surface area (Å²) >= 11 is 0. The number of esters is 1. The van der Waals surface area contributed by atoms with Crippen molar-refractivity contribution in [1.29, 1.82) is 0 Å². The first kappa shape index (κ1) is 17.7. The lowest BCUT2D eigenvalue weighted by molar-refractivity contribution is -0.170. The Morgan fingerprint density at radius 2 is 1.80 bits per heavy atom. The van der Waals surface area contributed by atoms with E-state index in [1.54, 1.807) is 6.92 Å². The highest BCUT2D eigenvalue weighted by atomic mass is 28.4. The fourth-order valence-electron chi connectivity index (χ4n) is 2.25. The van der Waals surface area contributed by atoms with E-state index < -0.39 is 19.9 Å². The zero-order chi connectivity index (χ0) is 15.6. The number of ether oxygens (including phenoxy) is 1. The van der Waals surface area contributed by atoms with Crippen LogP contribution in [0.2, 0.25) is 18.1 Å². The van der Waals surface area contributed by atoms with Crippen molar-refractivity contribution in [2.45, 2.75) is 83.2 Å². The van der Waals surface area contributed by atoms with Gasteiger partial charge in [0.15, 0.2) is 13.9 Å². The molecule has 0 radical (unpaired) electrons. The molecule has 1 aliphatic rings. The molecule has 20 heavy (non-hydrogen) atoms. The summed E-state index contributed by atoms with van der Waals surface area (Å²) in [5, 5.41) is 10.5. The molecule has 1 aliphatic carbocycles. The lowest BCUT2D eigenvalue weighted by Gasteiger charge is -2.42. The second-order valence-corrected chi connectivity index (χ2v) is 12.1. The van der Waals surface area contributed by atoms with E-state index in [0.29, 0.717) is 19.4 Å². The number of aliphatic hydroxyl groups is 1. The third-order valence-corrected chi connectivity index (χ3v) is 9.22. The van der Waals surface area contributed by atoms with E-state index in [9.17, 15) is 9.90 Å². The molecule has 5 heteroatoms. The Bertz CT molecular complexity index is 338. The largest absolute Gasteiger partial charge is 0.464 e. The van der Waals surface area contributed by atoms with Crippen LogP contribution in [0, 0.1) is 0 Å². The molecule has 0 aromatic heterocycles. The van der Waals surface area contributed by atoms with Crippen LogP contribution in [0.15, 0.2) is 0 Å².